The second-order valence-corrected chi connectivity index (χ2v) is 10.5. The number of aliphatic carboxylic acids is 3. The van der Waals surface area contributed by atoms with Gasteiger partial charge < -0.3 is 24.6 Å². The number of aryl methyl sites for hydroxylation is 1. The van der Waals surface area contributed by atoms with Gasteiger partial charge in [-0.05, 0) is 13.0 Å². The van der Waals surface area contributed by atoms with Gasteiger partial charge in [0.05, 0.1) is 26.3 Å². The van der Waals surface area contributed by atoms with E-state index in [-0.39, 0.29) is 5.41 Å². The van der Waals surface area contributed by atoms with E-state index < -0.39 is 36.4 Å². The van der Waals surface area contributed by atoms with Crippen molar-refractivity contribution < 1.29 is 74.0 Å². The number of halogens is 9. The highest BCUT2D eigenvalue weighted by Gasteiger charge is 2.42. The zero-order valence-corrected chi connectivity index (χ0v) is 24.0. The molecular weight excluding hydrogens is 661 g/mol. The second kappa shape index (κ2) is 16.7. The summed E-state index contributed by atoms with van der Waals surface area (Å²) in [5.41, 5.74) is 0.249. The van der Waals surface area contributed by atoms with Crippen LogP contribution in [0.1, 0.15) is 17.3 Å². The van der Waals surface area contributed by atoms with Crippen molar-refractivity contribution in [2.45, 2.75) is 38.0 Å². The summed E-state index contributed by atoms with van der Waals surface area (Å²) < 4.78 is 103. The number of aromatic nitrogens is 3. The summed E-state index contributed by atoms with van der Waals surface area (Å²) in [5, 5.41) is 24.6. The number of hydrogen-bond acceptors (Lipinski definition) is 9. The highest BCUT2D eigenvalue weighted by atomic mass is 32.1. The normalized spacial score (nSPS) is 19.2. The maximum absolute atomic E-state index is 10.6. The maximum atomic E-state index is 10.6. The minimum atomic E-state index is -5.08. The molecule has 4 rings (SSSR count). The van der Waals surface area contributed by atoms with Crippen LogP contribution in [0.15, 0.2) is 24.0 Å². The first-order valence-corrected chi connectivity index (χ1v) is 13.2. The van der Waals surface area contributed by atoms with Crippen LogP contribution in [0.3, 0.4) is 0 Å². The molecule has 0 amide bonds. The molecule has 0 bridgehead atoms. The molecule has 256 valence electrons. The Kier molecular flexibility index (Phi) is 14.7. The van der Waals surface area contributed by atoms with Crippen molar-refractivity contribution in [2.24, 2.45) is 12.5 Å². The van der Waals surface area contributed by atoms with Crippen LogP contribution >= 0.6 is 11.3 Å². The highest BCUT2D eigenvalue weighted by molar-refractivity contribution is 7.09. The number of carbonyl (C=O) groups is 3. The lowest BCUT2D eigenvalue weighted by atomic mass is 9.87. The molecular formula is C23H28F9N5O7S. The Morgan fingerprint density at radius 3 is 1.73 bits per heavy atom. The predicted molar refractivity (Wildman–Crippen MR) is 135 cm³/mol. The number of hydrogen-bond donors (Lipinski definition) is 3. The average molecular weight is 690 g/mol. The lowest BCUT2D eigenvalue weighted by Crippen LogP contribution is -2.40. The first-order valence-electron chi connectivity index (χ1n) is 12.3. The van der Waals surface area contributed by atoms with Crippen LogP contribution in [0.5, 0.6) is 0 Å². The third-order valence-electron chi connectivity index (χ3n) is 5.89. The largest absolute Gasteiger partial charge is 0.490 e. The zero-order valence-electron chi connectivity index (χ0n) is 23.2. The molecule has 2 aromatic rings. The third kappa shape index (κ3) is 14.9. The van der Waals surface area contributed by atoms with Gasteiger partial charge in [-0.15, -0.1) is 11.3 Å². The molecule has 2 aliphatic rings. The van der Waals surface area contributed by atoms with Gasteiger partial charge in [0.1, 0.15) is 10.8 Å². The number of carboxylic acid groups (broad SMARTS) is 3. The van der Waals surface area contributed by atoms with Gasteiger partial charge in [-0.1, -0.05) is 0 Å². The Morgan fingerprint density at radius 1 is 0.844 bits per heavy atom. The molecule has 12 nitrogen and oxygen atoms in total. The van der Waals surface area contributed by atoms with E-state index in [1.807, 2.05) is 18.6 Å². The van der Waals surface area contributed by atoms with Gasteiger partial charge in [0.25, 0.3) is 0 Å². The van der Waals surface area contributed by atoms with Gasteiger partial charge in [-0.3, -0.25) is 9.80 Å². The van der Waals surface area contributed by atoms with Crippen molar-refractivity contribution in [3.05, 3.63) is 34.8 Å². The lowest BCUT2D eigenvalue weighted by Gasteiger charge is -2.31. The molecule has 1 atom stereocenters. The molecule has 45 heavy (non-hydrogen) atoms. The van der Waals surface area contributed by atoms with E-state index in [1.165, 1.54) is 11.4 Å². The number of nitrogens with zero attached hydrogens (tertiary/aromatic N) is 5. The molecule has 2 fully saturated rings. The molecule has 0 aromatic carbocycles. The number of carboxylic acids is 3. The first-order chi connectivity index (χ1) is 20.6. The monoisotopic (exact) mass is 689 g/mol. The summed E-state index contributed by atoms with van der Waals surface area (Å²) in [6, 6.07) is 0. The van der Waals surface area contributed by atoms with E-state index in [0.29, 0.717) is 0 Å². The SMILES string of the molecule is Cn1ccnc1CN1CCC2(COCCN(Cc3nccs3)C2)C1.O=C(O)C(F)(F)F.O=C(O)C(F)(F)F.O=C(O)C(F)(F)F. The number of likely N-dealkylation sites (tertiary alicyclic amines) is 1. The van der Waals surface area contributed by atoms with Crippen LogP contribution in [0, 0.1) is 5.41 Å². The van der Waals surface area contributed by atoms with Crippen molar-refractivity contribution in [1.82, 2.24) is 24.3 Å². The Hall–Kier alpha value is -3.50. The fourth-order valence-corrected chi connectivity index (χ4v) is 4.55. The molecule has 2 aromatic heterocycles. The van der Waals surface area contributed by atoms with E-state index in [1.54, 1.807) is 11.3 Å². The number of ether oxygens (including phenoxy) is 1. The van der Waals surface area contributed by atoms with Crippen molar-refractivity contribution in [2.75, 3.05) is 39.4 Å². The second-order valence-electron chi connectivity index (χ2n) is 9.51. The van der Waals surface area contributed by atoms with Gasteiger partial charge in [0.2, 0.25) is 0 Å². The van der Waals surface area contributed by atoms with Crippen LogP contribution in [-0.2, 0) is 39.3 Å². The third-order valence-corrected chi connectivity index (χ3v) is 6.66. The number of rotatable bonds is 4. The van der Waals surface area contributed by atoms with Crippen LogP contribution in [0.4, 0.5) is 39.5 Å². The molecule has 2 saturated heterocycles. The quantitative estimate of drug-likeness (QED) is 0.404. The predicted octanol–water partition coefficient (Wildman–Crippen LogP) is 3.50. The minimum absolute atomic E-state index is 0.249. The standard InChI is InChI=1S/C17H25N5OS.3C2HF3O2/c1-20-6-3-18-15(20)10-21-5-2-17(12-21)13-22(7-8-23-14-17)11-16-19-4-9-24-16;3*3-2(4,5)1(6)7/h3-4,6,9H,2,5,7-8,10-14H2,1H3;3*(H,6,7). The van der Waals surface area contributed by atoms with Crippen molar-refractivity contribution in [3.63, 3.8) is 0 Å². The molecule has 22 heteroatoms. The number of alkyl halides is 9. The summed E-state index contributed by atoms with van der Waals surface area (Å²) in [7, 11) is 2.07. The summed E-state index contributed by atoms with van der Waals surface area (Å²) in [5.74, 6) is -7.13. The summed E-state index contributed by atoms with van der Waals surface area (Å²) in [4.78, 5) is 40.7. The Morgan fingerprint density at radius 2 is 1.33 bits per heavy atom. The molecule has 1 unspecified atom stereocenters. The Balaban J connectivity index is 0.000000396. The van der Waals surface area contributed by atoms with E-state index in [2.05, 4.69) is 36.8 Å². The fraction of sp³-hybridized carbons (Fsp3) is 0.609. The fourth-order valence-electron chi connectivity index (χ4n) is 3.90. The molecule has 4 heterocycles. The molecule has 1 spiro atoms. The molecule has 0 aliphatic carbocycles. The summed E-state index contributed by atoms with van der Waals surface area (Å²) in [6.45, 7) is 7.89. The molecule has 0 saturated carbocycles. The van der Waals surface area contributed by atoms with E-state index in [9.17, 15) is 39.5 Å². The van der Waals surface area contributed by atoms with Gasteiger partial charge in [-0.2, -0.15) is 39.5 Å². The van der Waals surface area contributed by atoms with Crippen molar-refractivity contribution >= 4 is 29.2 Å². The Labute approximate surface area is 252 Å². The van der Waals surface area contributed by atoms with Crippen LogP contribution in [0.2, 0.25) is 0 Å². The zero-order chi connectivity index (χ0) is 34.6. The van der Waals surface area contributed by atoms with Crippen molar-refractivity contribution in [3.8, 4) is 0 Å². The van der Waals surface area contributed by atoms with Gasteiger partial charge in [-0.25, -0.2) is 24.4 Å². The van der Waals surface area contributed by atoms with E-state index >= 15 is 0 Å². The van der Waals surface area contributed by atoms with Crippen LogP contribution in [-0.4, -0.2) is 115 Å². The smallest absolute Gasteiger partial charge is 0.475 e. The lowest BCUT2D eigenvalue weighted by molar-refractivity contribution is -0.193. The Bertz CT molecular complexity index is 1170. The topological polar surface area (TPSA) is 158 Å². The average Bonchev–Trinajstić information content (AvgIpc) is 3.61. The van der Waals surface area contributed by atoms with E-state index in [4.69, 9.17) is 34.4 Å². The number of imidazole rings is 1. The maximum Gasteiger partial charge on any atom is 0.490 e. The highest BCUT2D eigenvalue weighted by Crippen LogP contribution is 2.34. The van der Waals surface area contributed by atoms with Gasteiger partial charge in [0.15, 0.2) is 0 Å². The first kappa shape index (κ1) is 39.5. The van der Waals surface area contributed by atoms with Crippen LogP contribution < -0.4 is 0 Å². The molecule has 2 aliphatic heterocycles. The van der Waals surface area contributed by atoms with Crippen molar-refractivity contribution in [1.29, 1.82) is 0 Å². The molecule has 0 radical (unpaired) electrons. The van der Waals surface area contributed by atoms with Gasteiger partial charge >= 0.3 is 36.4 Å². The molecule has 3 N–H and O–H groups in total. The summed E-state index contributed by atoms with van der Waals surface area (Å²) in [6.07, 6.45) is -8.25. The summed E-state index contributed by atoms with van der Waals surface area (Å²) >= 11 is 1.74. The van der Waals surface area contributed by atoms with Gasteiger partial charge in [0, 0.05) is 56.1 Å². The minimum Gasteiger partial charge on any atom is -0.475 e. The van der Waals surface area contributed by atoms with E-state index in [0.717, 1.165) is 58.3 Å². The van der Waals surface area contributed by atoms with Crippen LogP contribution in [0.25, 0.3) is 0 Å². The number of thiazole rings is 1.